The second-order valence-electron chi connectivity index (χ2n) is 7.73. The van der Waals surface area contributed by atoms with Crippen LogP contribution in [0.15, 0.2) is 42.5 Å². The van der Waals surface area contributed by atoms with Gasteiger partial charge in [-0.15, -0.1) is 0 Å². The van der Waals surface area contributed by atoms with Crippen molar-refractivity contribution in [3.63, 3.8) is 0 Å². The van der Waals surface area contributed by atoms with Gasteiger partial charge in [0.1, 0.15) is 10.6 Å². The van der Waals surface area contributed by atoms with E-state index in [1.165, 1.54) is 23.8 Å². The van der Waals surface area contributed by atoms with E-state index >= 15 is 0 Å². The molecule has 0 radical (unpaired) electrons. The number of nitrogens with one attached hydrogen (secondary N) is 2. The first kappa shape index (κ1) is 24.0. The molecule has 3 rings (SSSR count). The van der Waals surface area contributed by atoms with Gasteiger partial charge in [-0.3, -0.25) is 24.6 Å². The molecule has 2 aromatic rings. The Labute approximate surface area is 196 Å². The number of nitrogens with zero attached hydrogens (tertiary/aromatic N) is 2. The molecule has 0 spiro atoms. The van der Waals surface area contributed by atoms with E-state index in [-0.39, 0.29) is 23.0 Å². The van der Waals surface area contributed by atoms with Crippen LogP contribution in [0, 0.1) is 16.0 Å². The zero-order chi connectivity index (χ0) is 23.1. The number of amides is 2. The Balaban J connectivity index is 1.39. The zero-order valence-corrected chi connectivity index (χ0v) is 18.9. The molecule has 170 valence electrons. The SMILES string of the molecule is O=C(CNC(=O)c1cccc(Cl)c1[N+](=O)[O-])NCC1CCN(Cc2ccc(Cl)cc2)CC1. The van der Waals surface area contributed by atoms with Gasteiger partial charge in [0.05, 0.1) is 11.5 Å². The molecule has 0 aromatic heterocycles. The maximum Gasteiger partial charge on any atom is 0.300 e. The predicted molar refractivity (Wildman–Crippen MR) is 123 cm³/mol. The van der Waals surface area contributed by atoms with E-state index in [2.05, 4.69) is 15.5 Å². The first-order chi connectivity index (χ1) is 15.3. The van der Waals surface area contributed by atoms with Crippen LogP contribution >= 0.6 is 23.2 Å². The molecule has 10 heteroatoms. The van der Waals surface area contributed by atoms with Gasteiger partial charge >= 0.3 is 5.69 Å². The van der Waals surface area contributed by atoms with Crippen LogP contribution in [0.4, 0.5) is 5.69 Å². The first-order valence-electron chi connectivity index (χ1n) is 10.3. The molecule has 0 unspecified atom stereocenters. The summed E-state index contributed by atoms with van der Waals surface area (Å²) in [6, 6.07) is 11.9. The molecule has 1 heterocycles. The molecule has 2 amide bonds. The van der Waals surface area contributed by atoms with Crippen molar-refractivity contribution in [1.82, 2.24) is 15.5 Å². The number of para-hydroxylation sites is 1. The number of hydrogen-bond acceptors (Lipinski definition) is 5. The van der Waals surface area contributed by atoms with E-state index < -0.39 is 16.5 Å². The van der Waals surface area contributed by atoms with Crippen LogP contribution in [0.1, 0.15) is 28.8 Å². The van der Waals surface area contributed by atoms with Gasteiger partial charge in [-0.2, -0.15) is 0 Å². The topological polar surface area (TPSA) is 105 Å². The average Bonchev–Trinajstić information content (AvgIpc) is 2.78. The highest BCUT2D eigenvalue weighted by Gasteiger charge is 2.24. The number of nitro benzene ring substituents is 1. The number of benzene rings is 2. The number of rotatable bonds is 8. The number of hydrogen-bond donors (Lipinski definition) is 2. The number of nitro groups is 1. The summed E-state index contributed by atoms with van der Waals surface area (Å²) < 4.78 is 0. The van der Waals surface area contributed by atoms with Crippen LogP contribution in [-0.4, -0.2) is 47.8 Å². The Morgan fingerprint density at radius 3 is 2.41 bits per heavy atom. The van der Waals surface area contributed by atoms with Crippen molar-refractivity contribution in [1.29, 1.82) is 0 Å². The Morgan fingerprint density at radius 2 is 1.75 bits per heavy atom. The fourth-order valence-corrected chi connectivity index (χ4v) is 4.03. The molecule has 0 atom stereocenters. The number of halogens is 2. The van der Waals surface area contributed by atoms with Crippen LogP contribution in [0.5, 0.6) is 0 Å². The summed E-state index contributed by atoms with van der Waals surface area (Å²) in [6.07, 6.45) is 1.93. The van der Waals surface area contributed by atoms with Crippen LogP contribution in [0.25, 0.3) is 0 Å². The Kier molecular flexibility index (Phi) is 8.44. The molecule has 2 aromatic carbocycles. The number of likely N-dealkylation sites (tertiary alicyclic amines) is 1. The maximum absolute atomic E-state index is 12.3. The van der Waals surface area contributed by atoms with Gasteiger partial charge in [0.25, 0.3) is 5.91 Å². The zero-order valence-electron chi connectivity index (χ0n) is 17.4. The molecule has 1 saturated heterocycles. The van der Waals surface area contributed by atoms with Crippen LogP contribution in [0.2, 0.25) is 10.0 Å². The Bertz CT molecular complexity index is 976. The second kappa shape index (κ2) is 11.3. The third-order valence-corrected chi connectivity index (χ3v) is 5.99. The Morgan fingerprint density at radius 1 is 1.06 bits per heavy atom. The number of carbonyl (C=O) groups is 2. The van der Waals surface area contributed by atoms with E-state index in [0.717, 1.165) is 37.5 Å². The van der Waals surface area contributed by atoms with Crippen molar-refractivity contribution in [3.8, 4) is 0 Å². The summed E-state index contributed by atoms with van der Waals surface area (Å²) >= 11 is 11.7. The van der Waals surface area contributed by atoms with Gasteiger partial charge in [-0.25, -0.2) is 0 Å². The summed E-state index contributed by atoms with van der Waals surface area (Å²) in [7, 11) is 0. The summed E-state index contributed by atoms with van der Waals surface area (Å²) in [6.45, 7) is 3.02. The van der Waals surface area contributed by atoms with E-state index in [0.29, 0.717) is 12.5 Å². The normalized spacial score (nSPS) is 14.7. The summed E-state index contributed by atoms with van der Waals surface area (Å²) in [5.41, 5.74) is 0.567. The molecule has 8 nitrogen and oxygen atoms in total. The lowest BCUT2D eigenvalue weighted by molar-refractivity contribution is -0.385. The molecule has 0 aliphatic carbocycles. The minimum Gasteiger partial charge on any atom is -0.354 e. The van der Waals surface area contributed by atoms with Gasteiger partial charge in [0.15, 0.2) is 0 Å². The molecule has 0 saturated carbocycles. The summed E-state index contributed by atoms with van der Waals surface area (Å²) in [5, 5.41) is 17.0. The lowest BCUT2D eigenvalue weighted by atomic mass is 9.96. The van der Waals surface area contributed by atoms with Crippen molar-refractivity contribution in [3.05, 3.63) is 73.8 Å². The standard InChI is InChI=1S/C22H24Cl2N4O4/c23-17-6-4-16(5-7-17)14-27-10-8-15(9-11-27)12-25-20(29)13-26-22(30)18-2-1-3-19(24)21(18)28(31)32/h1-7,15H,8-14H2,(H,25,29)(H,26,30). The van der Waals surface area contributed by atoms with Crippen LogP contribution in [0.3, 0.4) is 0 Å². The van der Waals surface area contributed by atoms with Gasteiger partial charge in [-0.05, 0) is 61.7 Å². The minimum atomic E-state index is -0.718. The largest absolute Gasteiger partial charge is 0.354 e. The van der Waals surface area contributed by atoms with E-state index in [9.17, 15) is 19.7 Å². The molecule has 0 bridgehead atoms. The third-order valence-electron chi connectivity index (χ3n) is 5.44. The monoisotopic (exact) mass is 478 g/mol. The molecule has 2 N–H and O–H groups in total. The molecular formula is C22H24Cl2N4O4. The van der Waals surface area contributed by atoms with Gasteiger partial charge in [0, 0.05) is 18.1 Å². The smallest absolute Gasteiger partial charge is 0.300 e. The molecular weight excluding hydrogens is 455 g/mol. The lowest BCUT2D eigenvalue weighted by Gasteiger charge is -2.32. The van der Waals surface area contributed by atoms with Crippen molar-refractivity contribution in [2.75, 3.05) is 26.2 Å². The highest BCUT2D eigenvalue weighted by Crippen LogP contribution is 2.28. The van der Waals surface area contributed by atoms with Crippen LogP contribution < -0.4 is 10.6 Å². The van der Waals surface area contributed by atoms with Crippen molar-refractivity contribution in [2.24, 2.45) is 5.92 Å². The van der Waals surface area contributed by atoms with E-state index in [1.54, 1.807) is 0 Å². The number of piperidine rings is 1. The van der Waals surface area contributed by atoms with Gasteiger partial charge in [-0.1, -0.05) is 41.4 Å². The second-order valence-corrected chi connectivity index (χ2v) is 8.57. The van der Waals surface area contributed by atoms with Crippen molar-refractivity contribution in [2.45, 2.75) is 19.4 Å². The fraction of sp³-hybridized carbons (Fsp3) is 0.364. The van der Waals surface area contributed by atoms with Crippen molar-refractivity contribution >= 4 is 40.7 Å². The highest BCUT2D eigenvalue weighted by atomic mass is 35.5. The predicted octanol–water partition coefficient (Wildman–Crippen LogP) is 3.66. The van der Waals surface area contributed by atoms with Crippen LogP contribution in [-0.2, 0) is 11.3 Å². The van der Waals surface area contributed by atoms with Crippen molar-refractivity contribution < 1.29 is 14.5 Å². The highest BCUT2D eigenvalue weighted by molar-refractivity contribution is 6.33. The number of carbonyl (C=O) groups excluding carboxylic acids is 2. The van der Waals surface area contributed by atoms with Gasteiger partial charge < -0.3 is 10.6 Å². The van der Waals surface area contributed by atoms with E-state index in [1.807, 2.05) is 24.3 Å². The first-order valence-corrected chi connectivity index (χ1v) is 11.0. The maximum atomic E-state index is 12.3. The quantitative estimate of drug-likeness (QED) is 0.444. The average molecular weight is 479 g/mol. The molecule has 32 heavy (non-hydrogen) atoms. The summed E-state index contributed by atoms with van der Waals surface area (Å²) in [5.74, 6) is -0.693. The Hall–Kier alpha value is -2.68. The summed E-state index contributed by atoms with van der Waals surface area (Å²) in [4.78, 5) is 37.2. The lowest BCUT2D eigenvalue weighted by Crippen LogP contribution is -2.41. The third kappa shape index (κ3) is 6.66. The molecule has 1 fully saturated rings. The fourth-order valence-electron chi connectivity index (χ4n) is 3.66. The van der Waals surface area contributed by atoms with E-state index in [4.69, 9.17) is 23.2 Å². The minimum absolute atomic E-state index is 0.130. The molecule has 1 aliphatic heterocycles. The van der Waals surface area contributed by atoms with Gasteiger partial charge in [0.2, 0.25) is 5.91 Å². The molecule has 1 aliphatic rings.